The topological polar surface area (TPSA) is 72.6 Å². The van der Waals surface area contributed by atoms with Crippen molar-refractivity contribution in [3.63, 3.8) is 0 Å². The van der Waals surface area contributed by atoms with Gasteiger partial charge in [-0.2, -0.15) is 10.2 Å². The third-order valence-corrected chi connectivity index (χ3v) is 4.47. The van der Waals surface area contributed by atoms with E-state index < -0.39 is 0 Å². The van der Waals surface area contributed by atoms with Crippen LogP contribution in [0.2, 0.25) is 0 Å². The minimum atomic E-state index is 0.145. The Morgan fingerprint density at radius 1 is 0.714 bits per heavy atom. The summed E-state index contributed by atoms with van der Waals surface area (Å²) in [5, 5.41) is 16.0. The summed E-state index contributed by atoms with van der Waals surface area (Å²) >= 11 is 0. The molecule has 118 valence electrons. The molecule has 0 aromatic rings. The van der Waals surface area contributed by atoms with Crippen molar-refractivity contribution < 1.29 is 0 Å². The third kappa shape index (κ3) is 6.74. The van der Waals surface area contributed by atoms with E-state index in [9.17, 15) is 0 Å². The fraction of sp³-hybridized carbons (Fsp3) is 0.812. The Bertz CT molecular complexity index is 350. The Balaban J connectivity index is 1.61. The van der Waals surface area contributed by atoms with Crippen molar-refractivity contribution in [3.05, 3.63) is 0 Å². The first kappa shape index (κ1) is 16.0. The minimum absolute atomic E-state index is 0.145. The normalized spacial score (nSPS) is 22.5. The number of rotatable bonds is 4. The third-order valence-electron chi connectivity index (χ3n) is 4.47. The van der Waals surface area contributed by atoms with E-state index in [1.165, 1.54) is 70.6 Å². The highest BCUT2D eigenvalue weighted by Crippen LogP contribution is 2.22. The number of nitrogens with one attached hydrogen (secondary N) is 3. The molecular formula is C16H29N5. The first-order valence-electron chi connectivity index (χ1n) is 8.51. The molecule has 3 N–H and O–H groups in total. The average molecular weight is 291 g/mol. The van der Waals surface area contributed by atoms with Gasteiger partial charge in [0, 0.05) is 12.4 Å². The molecule has 2 fully saturated rings. The van der Waals surface area contributed by atoms with Gasteiger partial charge in [-0.05, 0) is 37.5 Å². The molecule has 0 bridgehead atoms. The highest BCUT2D eigenvalue weighted by atomic mass is 15.4. The summed E-state index contributed by atoms with van der Waals surface area (Å²) in [6.45, 7) is 0. The van der Waals surface area contributed by atoms with Crippen LogP contribution in [0.1, 0.15) is 70.6 Å². The summed E-state index contributed by atoms with van der Waals surface area (Å²) < 4.78 is 0. The van der Waals surface area contributed by atoms with E-state index in [0.29, 0.717) is 11.8 Å². The molecule has 0 atom stereocenters. The molecule has 2 saturated carbocycles. The Kier molecular flexibility index (Phi) is 7.25. The minimum Gasteiger partial charge on any atom is -0.266 e. The van der Waals surface area contributed by atoms with Crippen molar-refractivity contribution in [3.8, 4) is 0 Å². The highest BCUT2D eigenvalue weighted by molar-refractivity contribution is 5.78. The zero-order chi connectivity index (χ0) is 14.8. The average Bonchev–Trinajstić information content (AvgIpc) is 2.77. The zero-order valence-corrected chi connectivity index (χ0v) is 13.0. The van der Waals surface area contributed by atoms with Crippen LogP contribution in [0.5, 0.6) is 0 Å². The second kappa shape index (κ2) is 9.53. The molecule has 5 nitrogen and oxygen atoms in total. The second-order valence-corrected chi connectivity index (χ2v) is 6.30. The monoisotopic (exact) mass is 291 g/mol. The van der Waals surface area contributed by atoms with Gasteiger partial charge in [-0.15, -0.1) is 0 Å². The van der Waals surface area contributed by atoms with Gasteiger partial charge in [0.15, 0.2) is 0 Å². The van der Waals surface area contributed by atoms with Gasteiger partial charge in [-0.3, -0.25) is 5.41 Å². The van der Waals surface area contributed by atoms with Gasteiger partial charge >= 0.3 is 0 Å². The molecular weight excluding hydrogens is 262 g/mol. The quantitative estimate of drug-likeness (QED) is 0.320. The van der Waals surface area contributed by atoms with Crippen molar-refractivity contribution in [1.82, 2.24) is 10.9 Å². The summed E-state index contributed by atoms with van der Waals surface area (Å²) in [5.74, 6) is 1.29. The van der Waals surface area contributed by atoms with Crippen molar-refractivity contribution in [2.24, 2.45) is 22.0 Å². The summed E-state index contributed by atoms with van der Waals surface area (Å²) in [5.41, 5.74) is 5.42. The first-order chi connectivity index (χ1) is 10.3. The van der Waals surface area contributed by atoms with Crippen molar-refractivity contribution in [2.45, 2.75) is 70.6 Å². The van der Waals surface area contributed by atoms with Gasteiger partial charge in [-0.25, -0.2) is 10.9 Å². The zero-order valence-electron chi connectivity index (χ0n) is 13.0. The molecule has 0 aliphatic heterocycles. The van der Waals surface area contributed by atoms with Crippen LogP contribution < -0.4 is 10.9 Å². The summed E-state index contributed by atoms with van der Waals surface area (Å²) in [4.78, 5) is 0. The van der Waals surface area contributed by atoms with Gasteiger partial charge in [0.2, 0.25) is 5.96 Å². The predicted molar refractivity (Wildman–Crippen MR) is 88.7 cm³/mol. The van der Waals surface area contributed by atoms with Crippen LogP contribution in [-0.2, 0) is 0 Å². The van der Waals surface area contributed by atoms with Gasteiger partial charge in [0.25, 0.3) is 0 Å². The molecule has 0 aromatic heterocycles. The molecule has 0 saturated heterocycles. The Morgan fingerprint density at radius 2 is 1.10 bits per heavy atom. The van der Waals surface area contributed by atoms with Crippen LogP contribution in [-0.4, -0.2) is 18.4 Å². The molecule has 2 rings (SSSR count). The van der Waals surface area contributed by atoms with Gasteiger partial charge in [0.1, 0.15) is 0 Å². The lowest BCUT2D eigenvalue weighted by molar-refractivity contribution is 0.444. The number of hydrazone groups is 2. The van der Waals surface area contributed by atoms with Gasteiger partial charge in [0.05, 0.1) is 0 Å². The van der Waals surface area contributed by atoms with Gasteiger partial charge in [-0.1, -0.05) is 44.9 Å². The van der Waals surface area contributed by atoms with Gasteiger partial charge < -0.3 is 0 Å². The molecule has 0 radical (unpaired) electrons. The Hall–Kier alpha value is -1.39. The lowest BCUT2D eigenvalue weighted by atomic mass is 9.90. The van der Waals surface area contributed by atoms with E-state index in [2.05, 4.69) is 21.1 Å². The molecule has 0 aromatic carbocycles. The summed E-state index contributed by atoms with van der Waals surface area (Å²) in [6.07, 6.45) is 18.1. The number of hydrogen-bond donors (Lipinski definition) is 3. The lowest BCUT2D eigenvalue weighted by Crippen LogP contribution is -2.30. The van der Waals surface area contributed by atoms with Crippen LogP contribution >= 0.6 is 0 Å². The van der Waals surface area contributed by atoms with Crippen LogP contribution in [0.4, 0.5) is 0 Å². The molecule has 2 aliphatic rings. The maximum Gasteiger partial charge on any atom is 0.230 e. The van der Waals surface area contributed by atoms with Crippen molar-refractivity contribution in [1.29, 1.82) is 5.41 Å². The molecule has 5 heteroatoms. The van der Waals surface area contributed by atoms with E-state index in [1.54, 1.807) is 0 Å². The molecule has 0 spiro atoms. The Morgan fingerprint density at radius 3 is 1.52 bits per heavy atom. The molecule has 0 unspecified atom stereocenters. The molecule has 0 amide bonds. The molecule has 2 aliphatic carbocycles. The molecule has 21 heavy (non-hydrogen) atoms. The van der Waals surface area contributed by atoms with E-state index in [-0.39, 0.29) is 5.96 Å². The maximum atomic E-state index is 7.72. The highest BCUT2D eigenvalue weighted by Gasteiger charge is 2.11. The van der Waals surface area contributed by atoms with Crippen LogP contribution in [0, 0.1) is 17.2 Å². The first-order valence-corrected chi connectivity index (χ1v) is 8.51. The smallest absolute Gasteiger partial charge is 0.230 e. The van der Waals surface area contributed by atoms with Crippen molar-refractivity contribution in [2.75, 3.05) is 0 Å². The van der Waals surface area contributed by atoms with Crippen molar-refractivity contribution >= 4 is 18.4 Å². The van der Waals surface area contributed by atoms with E-state index in [4.69, 9.17) is 5.41 Å². The maximum absolute atomic E-state index is 7.72. The Labute approximate surface area is 128 Å². The van der Waals surface area contributed by atoms with Crippen LogP contribution in [0.15, 0.2) is 10.2 Å². The number of hydrogen-bond acceptors (Lipinski definition) is 3. The van der Waals surface area contributed by atoms with Crippen LogP contribution in [0.25, 0.3) is 0 Å². The van der Waals surface area contributed by atoms with E-state index >= 15 is 0 Å². The van der Waals surface area contributed by atoms with E-state index in [1.807, 2.05) is 12.4 Å². The fourth-order valence-electron chi connectivity index (χ4n) is 3.18. The second-order valence-electron chi connectivity index (χ2n) is 6.30. The fourth-order valence-corrected chi connectivity index (χ4v) is 3.18. The SMILES string of the molecule is N=C(N/N=C/C1CCCCCC1)N/N=C/C1CCCCC1. The standard InChI is InChI=1S/C16H29N5/c17-16(21-19-13-15-10-6-3-7-11-15)20-18-12-14-8-4-1-2-5-9-14/h12-15H,1-11H2,(H3,17,20,21)/b18-12+,19-13+. The van der Waals surface area contributed by atoms with Crippen LogP contribution in [0.3, 0.4) is 0 Å². The van der Waals surface area contributed by atoms with E-state index in [0.717, 1.165) is 0 Å². The molecule has 0 heterocycles. The predicted octanol–water partition coefficient (Wildman–Crippen LogP) is 3.62. The summed E-state index contributed by atoms with van der Waals surface area (Å²) in [7, 11) is 0. The number of nitrogens with zero attached hydrogens (tertiary/aromatic N) is 2. The number of guanidine groups is 1. The largest absolute Gasteiger partial charge is 0.266 e. The lowest BCUT2D eigenvalue weighted by Gasteiger charge is -2.16. The summed E-state index contributed by atoms with van der Waals surface area (Å²) in [6, 6.07) is 0.